The summed E-state index contributed by atoms with van der Waals surface area (Å²) in [5.41, 5.74) is 1.77. The number of benzene rings is 1. The van der Waals surface area contributed by atoms with E-state index in [1.165, 1.54) is 12.3 Å². The predicted octanol–water partition coefficient (Wildman–Crippen LogP) is 3.31. The van der Waals surface area contributed by atoms with E-state index < -0.39 is 5.91 Å². The highest BCUT2D eigenvalue weighted by atomic mass is 35.5. The highest BCUT2D eigenvalue weighted by Gasteiger charge is 2.12. The molecule has 0 radical (unpaired) electrons. The van der Waals surface area contributed by atoms with E-state index in [-0.39, 0.29) is 11.6 Å². The van der Waals surface area contributed by atoms with E-state index in [1.807, 2.05) is 12.1 Å². The standard InChI is InChI=1S/C19H15ClN4O2/c20-14-4-3-6-15(11-14)24-19(26)17-10-13(7-9-22-17)18(25)23-12-16-5-1-2-8-21-16/h1-11H,12H2,(H,23,25)(H,24,26). The lowest BCUT2D eigenvalue weighted by molar-refractivity contribution is 0.0950. The Bertz CT molecular complexity index is 932. The molecule has 26 heavy (non-hydrogen) atoms. The van der Waals surface area contributed by atoms with Crippen LogP contribution in [0.2, 0.25) is 5.02 Å². The summed E-state index contributed by atoms with van der Waals surface area (Å²) in [6.45, 7) is 0.298. The van der Waals surface area contributed by atoms with Gasteiger partial charge in [-0.2, -0.15) is 0 Å². The lowest BCUT2D eigenvalue weighted by atomic mass is 10.2. The fourth-order valence-corrected chi connectivity index (χ4v) is 2.42. The molecule has 2 heterocycles. The maximum absolute atomic E-state index is 12.3. The quantitative estimate of drug-likeness (QED) is 0.725. The van der Waals surface area contributed by atoms with Crippen LogP contribution in [0.3, 0.4) is 0 Å². The van der Waals surface area contributed by atoms with Gasteiger partial charge in [-0.25, -0.2) is 0 Å². The van der Waals surface area contributed by atoms with Crippen LogP contribution >= 0.6 is 11.6 Å². The van der Waals surface area contributed by atoms with Crippen molar-refractivity contribution in [1.29, 1.82) is 0 Å². The van der Waals surface area contributed by atoms with E-state index in [4.69, 9.17) is 11.6 Å². The molecule has 0 saturated heterocycles. The third-order valence-electron chi connectivity index (χ3n) is 3.49. The van der Waals surface area contributed by atoms with Crippen LogP contribution in [0.25, 0.3) is 0 Å². The van der Waals surface area contributed by atoms with Crippen molar-refractivity contribution in [1.82, 2.24) is 15.3 Å². The summed E-state index contributed by atoms with van der Waals surface area (Å²) < 4.78 is 0. The summed E-state index contributed by atoms with van der Waals surface area (Å²) in [6, 6.07) is 15.2. The number of halogens is 1. The monoisotopic (exact) mass is 366 g/mol. The Morgan fingerprint density at radius 3 is 2.58 bits per heavy atom. The molecule has 0 fully saturated rings. The summed E-state index contributed by atoms with van der Waals surface area (Å²) in [5, 5.41) is 5.97. The van der Waals surface area contributed by atoms with Gasteiger partial charge in [-0.05, 0) is 42.5 Å². The van der Waals surface area contributed by atoms with Crippen molar-refractivity contribution in [3.05, 3.63) is 89.0 Å². The Hall–Kier alpha value is -3.25. The second-order valence-corrected chi connectivity index (χ2v) is 5.83. The third-order valence-corrected chi connectivity index (χ3v) is 3.73. The zero-order valence-electron chi connectivity index (χ0n) is 13.6. The van der Waals surface area contributed by atoms with Crippen molar-refractivity contribution in [3.8, 4) is 0 Å². The lowest BCUT2D eigenvalue weighted by Crippen LogP contribution is -2.24. The Kier molecular flexibility index (Phi) is 5.56. The summed E-state index contributed by atoms with van der Waals surface area (Å²) in [7, 11) is 0. The molecule has 0 bridgehead atoms. The minimum atomic E-state index is -0.424. The number of nitrogens with one attached hydrogen (secondary N) is 2. The van der Waals surface area contributed by atoms with Crippen LogP contribution in [-0.2, 0) is 6.54 Å². The number of carbonyl (C=O) groups excluding carboxylic acids is 2. The molecule has 0 unspecified atom stereocenters. The fourth-order valence-electron chi connectivity index (χ4n) is 2.23. The van der Waals surface area contributed by atoms with Crippen LogP contribution in [0.5, 0.6) is 0 Å². The molecule has 0 atom stereocenters. The molecule has 2 amide bonds. The molecular weight excluding hydrogens is 352 g/mol. The molecule has 0 saturated carbocycles. The van der Waals surface area contributed by atoms with Crippen LogP contribution in [0.1, 0.15) is 26.5 Å². The minimum absolute atomic E-state index is 0.135. The first-order valence-corrected chi connectivity index (χ1v) is 8.21. The smallest absolute Gasteiger partial charge is 0.274 e. The number of rotatable bonds is 5. The number of amides is 2. The van der Waals surface area contributed by atoms with Gasteiger partial charge < -0.3 is 10.6 Å². The fraction of sp³-hybridized carbons (Fsp3) is 0.0526. The molecule has 2 aromatic heterocycles. The van der Waals surface area contributed by atoms with Crippen LogP contribution in [0, 0.1) is 0 Å². The van der Waals surface area contributed by atoms with E-state index in [1.54, 1.807) is 42.6 Å². The molecule has 0 aliphatic rings. The molecule has 3 aromatic rings. The van der Waals surface area contributed by atoms with Crippen LogP contribution in [0.15, 0.2) is 67.0 Å². The maximum Gasteiger partial charge on any atom is 0.274 e. The molecule has 0 aliphatic carbocycles. The number of aromatic nitrogens is 2. The zero-order chi connectivity index (χ0) is 18.4. The minimum Gasteiger partial charge on any atom is -0.346 e. The molecule has 1 aromatic carbocycles. The topological polar surface area (TPSA) is 84.0 Å². The number of nitrogens with zero attached hydrogens (tertiary/aromatic N) is 2. The van der Waals surface area contributed by atoms with Crippen LogP contribution in [0.4, 0.5) is 5.69 Å². The Morgan fingerprint density at radius 2 is 1.81 bits per heavy atom. The first kappa shape index (κ1) is 17.6. The molecule has 130 valence electrons. The largest absolute Gasteiger partial charge is 0.346 e. The van der Waals surface area contributed by atoms with Gasteiger partial charge in [-0.3, -0.25) is 19.6 Å². The van der Waals surface area contributed by atoms with E-state index >= 15 is 0 Å². The van der Waals surface area contributed by atoms with E-state index in [9.17, 15) is 9.59 Å². The van der Waals surface area contributed by atoms with E-state index in [0.717, 1.165) is 5.69 Å². The van der Waals surface area contributed by atoms with Gasteiger partial charge >= 0.3 is 0 Å². The third kappa shape index (κ3) is 4.64. The van der Waals surface area contributed by atoms with Gasteiger partial charge in [0.1, 0.15) is 5.69 Å². The zero-order valence-corrected chi connectivity index (χ0v) is 14.4. The summed E-state index contributed by atoms with van der Waals surface area (Å²) in [6.07, 6.45) is 3.08. The predicted molar refractivity (Wildman–Crippen MR) is 99.0 cm³/mol. The van der Waals surface area contributed by atoms with Crippen molar-refractivity contribution in [3.63, 3.8) is 0 Å². The van der Waals surface area contributed by atoms with Crippen LogP contribution in [-0.4, -0.2) is 21.8 Å². The second kappa shape index (κ2) is 8.22. The van der Waals surface area contributed by atoms with Gasteiger partial charge in [0.15, 0.2) is 0 Å². The normalized spacial score (nSPS) is 10.2. The van der Waals surface area contributed by atoms with Gasteiger partial charge in [-0.15, -0.1) is 0 Å². The van der Waals surface area contributed by atoms with E-state index in [2.05, 4.69) is 20.6 Å². The van der Waals surface area contributed by atoms with Crippen molar-refractivity contribution in [2.45, 2.75) is 6.54 Å². The molecule has 6 nitrogen and oxygen atoms in total. The summed E-state index contributed by atoms with van der Waals surface area (Å²) in [4.78, 5) is 32.8. The molecule has 0 aliphatic heterocycles. The van der Waals surface area contributed by atoms with Crippen molar-refractivity contribution in [2.75, 3.05) is 5.32 Å². The first-order valence-electron chi connectivity index (χ1n) is 7.83. The number of anilines is 1. The van der Waals surface area contributed by atoms with Gasteiger partial charge in [0.05, 0.1) is 12.2 Å². The van der Waals surface area contributed by atoms with Gasteiger partial charge in [0, 0.05) is 28.7 Å². The first-order chi connectivity index (χ1) is 12.6. The number of pyridine rings is 2. The summed E-state index contributed by atoms with van der Waals surface area (Å²) in [5.74, 6) is -0.735. The lowest BCUT2D eigenvalue weighted by Gasteiger charge is -2.07. The Labute approximate surface area is 155 Å². The highest BCUT2D eigenvalue weighted by molar-refractivity contribution is 6.30. The molecular formula is C19H15ClN4O2. The van der Waals surface area contributed by atoms with Crippen molar-refractivity contribution >= 4 is 29.1 Å². The molecule has 0 spiro atoms. The second-order valence-electron chi connectivity index (χ2n) is 5.40. The summed E-state index contributed by atoms with van der Waals surface area (Å²) >= 11 is 5.90. The number of hydrogen-bond donors (Lipinski definition) is 2. The Morgan fingerprint density at radius 1 is 0.923 bits per heavy atom. The van der Waals surface area contributed by atoms with Gasteiger partial charge in [-0.1, -0.05) is 23.7 Å². The number of hydrogen-bond acceptors (Lipinski definition) is 4. The number of carbonyl (C=O) groups is 2. The molecule has 3 rings (SSSR count). The molecule has 2 N–H and O–H groups in total. The van der Waals surface area contributed by atoms with E-state index in [0.29, 0.717) is 22.8 Å². The van der Waals surface area contributed by atoms with Gasteiger partial charge in [0.2, 0.25) is 0 Å². The highest BCUT2D eigenvalue weighted by Crippen LogP contribution is 2.15. The molecule has 7 heteroatoms. The van der Waals surface area contributed by atoms with Crippen LogP contribution < -0.4 is 10.6 Å². The van der Waals surface area contributed by atoms with Gasteiger partial charge in [0.25, 0.3) is 11.8 Å². The van der Waals surface area contributed by atoms with Crippen molar-refractivity contribution in [2.24, 2.45) is 0 Å². The maximum atomic E-state index is 12.3. The average Bonchev–Trinajstić information content (AvgIpc) is 2.67. The Balaban J connectivity index is 1.67. The average molecular weight is 367 g/mol. The SMILES string of the molecule is O=C(NCc1ccccn1)c1ccnc(C(=O)Nc2cccc(Cl)c2)c1. The van der Waals surface area contributed by atoms with Crippen molar-refractivity contribution < 1.29 is 9.59 Å².